The van der Waals surface area contributed by atoms with E-state index in [-0.39, 0.29) is 10.7 Å². The lowest BCUT2D eigenvalue weighted by molar-refractivity contribution is 0.0691. The Balaban J connectivity index is 2.15. The molecule has 0 aliphatic heterocycles. The van der Waals surface area contributed by atoms with Crippen LogP contribution < -0.4 is 5.32 Å². The van der Waals surface area contributed by atoms with E-state index in [1.165, 1.54) is 5.38 Å². The van der Waals surface area contributed by atoms with Gasteiger partial charge in [-0.15, -0.1) is 11.3 Å². The number of nitrogens with zero attached hydrogens (tertiary/aromatic N) is 1. The van der Waals surface area contributed by atoms with Gasteiger partial charge in [-0.2, -0.15) is 0 Å². The van der Waals surface area contributed by atoms with Crippen LogP contribution in [0.2, 0.25) is 5.02 Å². The van der Waals surface area contributed by atoms with Crippen LogP contribution in [-0.2, 0) is 0 Å². The third kappa shape index (κ3) is 3.31. The first kappa shape index (κ1) is 14.0. The van der Waals surface area contributed by atoms with Crippen molar-refractivity contribution in [2.24, 2.45) is 0 Å². The molecule has 5 nitrogen and oxygen atoms in total. The Labute approximate surface area is 125 Å². The molecule has 1 aromatic carbocycles. The number of carboxylic acids is 1. The number of carboxylic acid groups (broad SMARTS) is 1. The number of hydrogen-bond acceptors (Lipinski definition) is 4. The van der Waals surface area contributed by atoms with E-state index in [0.717, 1.165) is 11.3 Å². The van der Waals surface area contributed by atoms with E-state index in [1.54, 1.807) is 18.2 Å². The Morgan fingerprint density at radius 2 is 2.16 bits per heavy atom. The number of aromatic carboxylic acids is 1. The van der Waals surface area contributed by atoms with Crippen LogP contribution in [0, 0.1) is 0 Å². The van der Waals surface area contributed by atoms with Crippen molar-refractivity contribution in [2.45, 2.75) is 0 Å². The Bertz CT molecular complexity index is 659. The molecule has 2 aromatic rings. The van der Waals surface area contributed by atoms with Gasteiger partial charge in [0.2, 0.25) is 0 Å². The largest absolute Gasteiger partial charge is 0.476 e. The minimum Gasteiger partial charge on any atom is -0.476 e. The molecular weight excluding hydrogens is 356 g/mol. The van der Waals surface area contributed by atoms with E-state index in [0.29, 0.717) is 15.2 Å². The van der Waals surface area contributed by atoms with Crippen molar-refractivity contribution in [3.8, 4) is 0 Å². The second-order valence-corrected chi connectivity index (χ2v) is 5.55. The average molecular weight is 362 g/mol. The molecule has 0 atom stereocenters. The molecule has 0 spiro atoms. The zero-order chi connectivity index (χ0) is 14.0. The zero-order valence-corrected chi connectivity index (χ0v) is 12.3. The monoisotopic (exact) mass is 360 g/mol. The SMILES string of the molecule is O=C(O)c1csc(C(=O)Nc2ccc(Cl)c(Br)c2)n1. The molecule has 1 heterocycles. The van der Waals surface area contributed by atoms with Gasteiger partial charge in [-0.1, -0.05) is 11.6 Å². The average Bonchev–Trinajstić information content (AvgIpc) is 2.83. The van der Waals surface area contributed by atoms with Crippen molar-refractivity contribution in [3.05, 3.63) is 43.8 Å². The molecular formula is C11H6BrClN2O3S. The highest BCUT2D eigenvalue weighted by atomic mass is 79.9. The smallest absolute Gasteiger partial charge is 0.355 e. The molecule has 0 unspecified atom stereocenters. The van der Waals surface area contributed by atoms with Gasteiger partial charge in [0.15, 0.2) is 10.7 Å². The highest BCUT2D eigenvalue weighted by Gasteiger charge is 2.15. The number of aromatic nitrogens is 1. The molecule has 0 fully saturated rings. The highest BCUT2D eigenvalue weighted by Crippen LogP contribution is 2.26. The third-order valence-corrected chi connectivity index (χ3v) is 4.15. The van der Waals surface area contributed by atoms with Gasteiger partial charge in [0, 0.05) is 15.5 Å². The van der Waals surface area contributed by atoms with Crippen molar-refractivity contribution in [2.75, 3.05) is 5.32 Å². The van der Waals surface area contributed by atoms with Crippen LogP contribution in [-0.4, -0.2) is 22.0 Å². The lowest BCUT2D eigenvalue weighted by Crippen LogP contribution is -2.12. The predicted molar refractivity (Wildman–Crippen MR) is 76.2 cm³/mol. The predicted octanol–water partition coefficient (Wildman–Crippen LogP) is 3.51. The molecule has 19 heavy (non-hydrogen) atoms. The molecule has 98 valence electrons. The summed E-state index contributed by atoms with van der Waals surface area (Å²) in [6.45, 7) is 0. The van der Waals surface area contributed by atoms with E-state index in [1.807, 2.05) is 0 Å². The molecule has 1 amide bonds. The van der Waals surface area contributed by atoms with Crippen molar-refractivity contribution >= 4 is 56.4 Å². The van der Waals surface area contributed by atoms with Gasteiger partial charge in [0.05, 0.1) is 5.02 Å². The molecule has 1 aromatic heterocycles. The summed E-state index contributed by atoms with van der Waals surface area (Å²) in [7, 11) is 0. The molecule has 0 radical (unpaired) electrons. The molecule has 8 heteroatoms. The van der Waals surface area contributed by atoms with Gasteiger partial charge in [0.1, 0.15) is 0 Å². The number of rotatable bonds is 3. The van der Waals surface area contributed by atoms with E-state index >= 15 is 0 Å². The van der Waals surface area contributed by atoms with Crippen LogP contribution >= 0.6 is 38.9 Å². The van der Waals surface area contributed by atoms with Crippen LogP contribution in [0.4, 0.5) is 5.69 Å². The minimum atomic E-state index is -1.16. The second kappa shape index (κ2) is 5.68. The first-order valence-electron chi connectivity index (χ1n) is 4.92. The number of thiazole rings is 1. The molecule has 0 aliphatic rings. The maximum absolute atomic E-state index is 11.8. The standard InChI is InChI=1S/C11H6BrClN2O3S/c12-6-3-5(1-2-7(6)13)14-9(16)10-15-8(4-19-10)11(17)18/h1-4H,(H,14,16)(H,17,18). The first-order valence-corrected chi connectivity index (χ1v) is 6.97. The quantitative estimate of drug-likeness (QED) is 0.877. The summed E-state index contributed by atoms with van der Waals surface area (Å²) in [6, 6.07) is 4.91. The fourth-order valence-corrected chi connectivity index (χ4v) is 2.42. The van der Waals surface area contributed by atoms with E-state index in [2.05, 4.69) is 26.2 Å². The Hall–Kier alpha value is -1.44. The van der Waals surface area contributed by atoms with Gasteiger partial charge < -0.3 is 10.4 Å². The van der Waals surface area contributed by atoms with Crippen LogP contribution in [0.1, 0.15) is 20.3 Å². The normalized spacial score (nSPS) is 10.2. The molecule has 2 N–H and O–H groups in total. The van der Waals surface area contributed by atoms with E-state index in [4.69, 9.17) is 16.7 Å². The summed E-state index contributed by atoms with van der Waals surface area (Å²) in [5, 5.41) is 13.3. The number of halogens is 2. The van der Waals surface area contributed by atoms with Crippen molar-refractivity contribution in [1.29, 1.82) is 0 Å². The van der Waals surface area contributed by atoms with Gasteiger partial charge in [-0.25, -0.2) is 9.78 Å². The van der Waals surface area contributed by atoms with Gasteiger partial charge in [-0.05, 0) is 34.1 Å². The topological polar surface area (TPSA) is 79.3 Å². The Kier molecular flexibility index (Phi) is 4.18. The Morgan fingerprint density at radius 3 is 2.74 bits per heavy atom. The van der Waals surface area contributed by atoms with Crippen molar-refractivity contribution < 1.29 is 14.7 Å². The highest BCUT2D eigenvalue weighted by molar-refractivity contribution is 9.10. The minimum absolute atomic E-state index is 0.0865. The van der Waals surface area contributed by atoms with Crippen LogP contribution in [0.3, 0.4) is 0 Å². The summed E-state index contributed by atoms with van der Waals surface area (Å²) in [5.41, 5.74) is 0.390. The molecule has 0 bridgehead atoms. The number of anilines is 1. The summed E-state index contributed by atoms with van der Waals surface area (Å²) < 4.78 is 0.650. The summed E-state index contributed by atoms with van der Waals surface area (Å²) >= 11 is 10.0. The van der Waals surface area contributed by atoms with Crippen molar-refractivity contribution in [3.63, 3.8) is 0 Å². The number of hydrogen-bond donors (Lipinski definition) is 2. The Morgan fingerprint density at radius 1 is 1.42 bits per heavy atom. The lowest BCUT2D eigenvalue weighted by Gasteiger charge is -2.04. The van der Waals surface area contributed by atoms with Crippen LogP contribution in [0.15, 0.2) is 28.1 Å². The maximum Gasteiger partial charge on any atom is 0.355 e. The van der Waals surface area contributed by atoms with Crippen LogP contribution in [0.5, 0.6) is 0 Å². The summed E-state index contributed by atoms with van der Waals surface area (Å²) in [5.74, 6) is -1.63. The van der Waals surface area contributed by atoms with Crippen molar-refractivity contribution in [1.82, 2.24) is 4.98 Å². The fraction of sp³-hybridized carbons (Fsp3) is 0. The van der Waals surface area contributed by atoms with Gasteiger partial charge in [-0.3, -0.25) is 4.79 Å². The molecule has 0 aliphatic carbocycles. The number of carbonyl (C=O) groups is 2. The zero-order valence-electron chi connectivity index (χ0n) is 9.18. The number of benzene rings is 1. The number of nitrogens with one attached hydrogen (secondary N) is 1. The molecule has 2 rings (SSSR count). The fourth-order valence-electron chi connectivity index (χ4n) is 1.23. The number of amides is 1. The first-order chi connectivity index (χ1) is 8.97. The number of carbonyl (C=O) groups excluding carboxylic acids is 1. The molecule has 0 saturated carbocycles. The summed E-state index contributed by atoms with van der Waals surface area (Å²) in [4.78, 5) is 26.2. The van der Waals surface area contributed by atoms with Gasteiger partial charge in [0.25, 0.3) is 5.91 Å². The van der Waals surface area contributed by atoms with Gasteiger partial charge >= 0.3 is 5.97 Å². The third-order valence-electron chi connectivity index (χ3n) is 2.10. The van der Waals surface area contributed by atoms with Crippen LogP contribution in [0.25, 0.3) is 0 Å². The van der Waals surface area contributed by atoms with E-state index < -0.39 is 11.9 Å². The van der Waals surface area contributed by atoms with E-state index in [9.17, 15) is 9.59 Å². The summed E-state index contributed by atoms with van der Waals surface area (Å²) in [6.07, 6.45) is 0. The molecule has 0 saturated heterocycles. The maximum atomic E-state index is 11.8. The second-order valence-electron chi connectivity index (χ2n) is 3.43. The lowest BCUT2D eigenvalue weighted by atomic mass is 10.3.